The van der Waals surface area contributed by atoms with Crippen molar-refractivity contribution in [1.29, 1.82) is 0 Å². The second-order valence-corrected chi connectivity index (χ2v) is 2.25. The van der Waals surface area contributed by atoms with Crippen molar-refractivity contribution < 1.29 is 19.8 Å². The Labute approximate surface area is 58.5 Å². The highest BCUT2D eigenvalue weighted by atomic mass is 16.4. The van der Waals surface area contributed by atoms with Gasteiger partial charge in [0.15, 0.2) is 0 Å². The molecule has 0 saturated heterocycles. The summed E-state index contributed by atoms with van der Waals surface area (Å²) in [6.45, 7) is 2.75. The summed E-state index contributed by atoms with van der Waals surface area (Å²) >= 11 is 0. The van der Waals surface area contributed by atoms with Crippen LogP contribution in [0.2, 0.25) is 0 Å². The van der Waals surface area contributed by atoms with Crippen LogP contribution in [0.15, 0.2) is 0 Å². The van der Waals surface area contributed by atoms with Gasteiger partial charge in [-0.15, -0.1) is 0 Å². The molecule has 0 spiro atoms. The van der Waals surface area contributed by atoms with Crippen LogP contribution in [0.1, 0.15) is 13.8 Å². The molecule has 0 aromatic heterocycles. The summed E-state index contributed by atoms with van der Waals surface area (Å²) in [4.78, 5) is 20.4. The average molecular weight is 146 g/mol. The van der Waals surface area contributed by atoms with Gasteiger partial charge in [0.05, 0.1) is 11.8 Å². The molecule has 0 aliphatic heterocycles. The Bertz CT molecular complexity index is 134. The van der Waals surface area contributed by atoms with Gasteiger partial charge in [0.25, 0.3) is 0 Å². The van der Waals surface area contributed by atoms with Gasteiger partial charge in [-0.3, -0.25) is 9.59 Å². The first-order valence-electron chi connectivity index (χ1n) is 2.92. The number of hydrogen-bond acceptors (Lipinski definition) is 2. The fraction of sp³-hybridized carbons (Fsp3) is 0.667. The van der Waals surface area contributed by atoms with Crippen molar-refractivity contribution in [2.75, 3.05) is 0 Å². The lowest BCUT2D eigenvalue weighted by molar-refractivity contribution is -0.152. The van der Waals surface area contributed by atoms with Crippen molar-refractivity contribution in [2.24, 2.45) is 11.8 Å². The van der Waals surface area contributed by atoms with E-state index >= 15 is 0 Å². The van der Waals surface area contributed by atoms with Gasteiger partial charge >= 0.3 is 11.9 Å². The molecule has 0 aliphatic rings. The molecule has 0 heterocycles. The molecule has 4 heteroatoms. The molecule has 0 aromatic rings. The largest absolute Gasteiger partial charge is 0.481 e. The molecular weight excluding hydrogens is 136 g/mol. The van der Waals surface area contributed by atoms with Gasteiger partial charge in [-0.2, -0.15) is 0 Å². The van der Waals surface area contributed by atoms with Crippen LogP contribution in [-0.2, 0) is 9.59 Å². The van der Waals surface area contributed by atoms with Gasteiger partial charge in [-0.1, -0.05) is 13.8 Å². The van der Waals surface area contributed by atoms with E-state index in [-0.39, 0.29) is 0 Å². The first kappa shape index (κ1) is 8.94. The van der Waals surface area contributed by atoms with E-state index in [0.717, 1.165) is 0 Å². The lowest BCUT2D eigenvalue weighted by Gasteiger charge is -2.09. The van der Waals surface area contributed by atoms with E-state index in [1.54, 1.807) is 0 Å². The third-order valence-electron chi connectivity index (χ3n) is 1.53. The van der Waals surface area contributed by atoms with Crippen LogP contribution < -0.4 is 0 Å². The number of carbonyl (C=O) groups is 2. The van der Waals surface area contributed by atoms with Gasteiger partial charge in [0, 0.05) is 0 Å². The van der Waals surface area contributed by atoms with Crippen molar-refractivity contribution in [3.63, 3.8) is 0 Å². The van der Waals surface area contributed by atoms with Gasteiger partial charge in [0.2, 0.25) is 0 Å². The maximum absolute atomic E-state index is 10.2. The second-order valence-electron chi connectivity index (χ2n) is 2.25. The number of carboxylic acids is 2. The maximum atomic E-state index is 10.2. The lowest BCUT2D eigenvalue weighted by atomic mass is 9.97. The second kappa shape index (κ2) is 3.20. The van der Waals surface area contributed by atoms with Gasteiger partial charge in [0.1, 0.15) is 0 Å². The normalized spacial score (nSPS) is 15.8. The molecule has 2 atom stereocenters. The van der Waals surface area contributed by atoms with Crippen molar-refractivity contribution in [3.8, 4) is 0 Å². The summed E-state index contributed by atoms with van der Waals surface area (Å²) in [6.07, 6.45) is 0. The minimum Gasteiger partial charge on any atom is -0.481 e. The number of aliphatic carboxylic acids is 2. The Morgan fingerprint density at radius 2 is 1.20 bits per heavy atom. The molecule has 2 N–H and O–H groups in total. The fourth-order valence-corrected chi connectivity index (χ4v) is 0.428. The molecule has 10 heavy (non-hydrogen) atoms. The third-order valence-corrected chi connectivity index (χ3v) is 1.53. The highest BCUT2D eigenvalue weighted by Crippen LogP contribution is 2.10. The van der Waals surface area contributed by atoms with Gasteiger partial charge in [-0.05, 0) is 0 Å². The Hall–Kier alpha value is -1.06. The van der Waals surface area contributed by atoms with E-state index in [2.05, 4.69) is 0 Å². The van der Waals surface area contributed by atoms with E-state index in [1.807, 2.05) is 0 Å². The Kier molecular flexibility index (Phi) is 2.86. The smallest absolute Gasteiger partial charge is 0.307 e. The zero-order valence-corrected chi connectivity index (χ0v) is 5.87. The zero-order chi connectivity index (χ0) is 8.31. The van der Waals surface area contributed by atoms with Crippen molar-refractivity contribution >= 4 is 11.9 Å². The molecule has 0 bridgehead atoms. The van der Waals surface area contributed by atoms with E-state index < -0.39 is 23.8 Å². The zero-order valence-electron chi connectivity index (χ0n) is 5.87. The molecule has 0 saturated carbocycles. The van der Waals surface area contributed by atoms with Crippen molar-refractivity contribution in [1.82, 2.24) is 0 Å². The standard InChI is InChI=1S/C6H10O4/c1-3(5(7)8)4(2)6(9)10/h3-4H,1-2H3,(H,7,8)(H,9,10)/t3-,4?/m1/s1. The summed E-state index contributed by atoms with van der Waals surface area (Å²) in [6, 6.07) is 0. The highest BCUT2D eigenvalue weighted by Gasteiger charge is 2.24. The van der Waals surface area contributed by atoms with E-state index in [4.69, 9.17) is 10.2 Å². The van der Waals surface area contributed by atoms with E-state index in [0.29, 0.717) is 0 Å². The number of carboxylic acid groups (broad SMARTS) is 2. The first-order chi connectivity index (χ1) is 4.46. The minimum atomic E-state index is -1.07. The SMILES string of the molecule is CC(C(=O)O)[C@@H](C)C(=O)O. The van der Waals surface area contributed by atoms with Crippen LogP contribution in [0.5, 0.6) is 0 Å². The maximum Gasteiger partial charge on any atom is 0.307 e. The van der Waals surface area contributed by atoms with Crippen molar-refractivity contribution in [3.05, 3.63) is 0 Å². The molecule has 0 rings (SSSR count). The Morgan fingerprint density at radius 1 is 1.00 bits per heavy atom. The Morgan fingerprint density at radius 3 is 1.30 bits per heavy atom. The molecule has 0 fully saturated rings. The average Bonchev–Trinajstić information content (AvgIpc) is 1.84. The predicted molar refractivity (Wildman–Crippen MR) is 33.6 cm³/mol. The fourth-order valence-electron chi connectivity index (χ4n) is 0.428. The van der Waals surface area contributed by atoms with Gasteiger partial charge < -0.3 is 10.2 Å². The monoisotopic (exact) mass is 146 g/mol. The molecule has 0 radical (unpaired) electrons. The molecule has 1 unspecified atom stereocenters. The molecule has 0 aliphatic carbocycles. The summed E-state index contributed by atoms with van der Waals surface area (Å²) in [5.41, 5.74) is 0. The predicted octanol–water partition coefficient (Wildman–Crippen LogP) is 0.428. The van der Waals surface area contributed by atoms with Crippen LogP contribution in [0.3, 0.4) is 0 Å². The van der Waals surface area contributed by atoms with E-state index in [9.17, 15) is 9.59 Å². The van der Waals surface area contributed by atoms with Crippen LogP contribution in [0.25, 0.3) is 0 Å². The minimum absolute atomic E-state index is 0.822. The van der Waals surface area contributed by atoms with Crippen LogP contribution in [0.4, 0.5) is 0 Å². The van der Waals surface area contributed by atoms with Crippen molar-refractivity contribution in [2.45, 2.75) is 13.8 Å². The number of hydrogen-bond donors (Lipinski definition) is 2. The first-order valence-corrected chi connectivity index (χ1v) is 2.92. The third kappa shape index (κ3) is 2.05. The number of rotatable bonds is 3. The molecule has 4 nitrogen and oxygen atoms in total. The molecule has 0 aromatic carbocycles. The quantitative estimate of drug-likeness (QED) is 0.605. The summed E-state index contributed by atoms with van der Waals surface area (Å²) in [5, 5.41) is 16.7. The lowest BCUT2D eigenvalue weighted by Crippen LogP contribution is -2.24. The molecule has 58 valence electrons. The highest BCUT2D eigenvalue weighted by molar-refractivity contribution is 5.79. The Balaban J connectivity index is 4.07. The topological polar surface area (TPSA) is 74.6 Å². The molecule has 0 amide bonds. The summed E-state index contributed by atoms with van der Waals surface area (Å²) in [7, 11) is 0. The van der Waals surface area contributed by atoms with E-state index in [1.165, 1.54) is 13.8 Å². The van der Waals surface area contributed by atoms with Crippen LogP contribution in [-0.4, -0.2) is 22.2 Å². The van der Waals surface area contributed by atoms with Gasteiger partial charge in [-0.25, -0.2) is 0 Å². The molecular formula is C6H10O4. The van der Waals surface area contributed by atoms with Crippen LogP contribution >= 0.6 is 0 Å². The summed E-state index contributed by atoms with van der Waals surface area (Å²) in [5.74, 6) is -3.79. The van der Waals surface area contributed by atoms with Crippen LogP contribution in [0, 0.1) is 11.8 Å². The summed E-state index contributed by atoms with van der Waals surface area (Å²) < 4.78 is 0.